The lowest BCUT2D eigenvalue weighted by Gasteiger charge is -2.22. The number of furan rings is 1. The first kappa shape index (κ1) is 14.2. The Bertz CT molecular complexity index is 569. The topological polar surface area (TPSA) is 28.4 Å². The third-order valence-electron chi connectivity index (χ3n) is 4.11. The summed E-state index contributed by atoms with van der Waals surface area (Å²) in [5, 5.41) is 3.56. The van der Waals surface area contributed by atoms with Gasteiger partial charge in [0.15, 0.2) is 0 Å². The third kappa shape index (κ3) is 3.67. The van der Waals surface area contributed by atoms with Crippen molar-refractivity contribution in [3.63, 3.8) is 0 Å². The van der Waals surface area contributed by atoms with Gasteiger partial charge in [0.25, 0.3) is 0 Å². The number of nitrogens with one attached hydrogen (secondary N) is 1. The van der Waals surface area contributed by atoms with Crippen LogP contribution in [0.15, 0.2) is 41.0 Å². The van der Waals surface area contributed by atoms with Crippen molar-refractivity contribution < 1.29 is 4.42 Å². The van der Waals surface area contributed by atoms with Crippen molar-refractivity contribution in [2.45, 2.75) is 45.8 Å². The zero-order valence-corrected chi connectivity index (χ0v) is 12.9. The fourth-order valence-electron chi connectivity index (χ4n) is 2.52. The third-order valence-corrected chi connectivity index (χ3v) is 4.11. The summed E-state index contributed by atoms with van der Waals surface area (Å²) in [6, 6.07) is 11.5. The van der Waals surface area contributed by atoms with Crippen LogP contribution in [0.1, 0.15) is 36.7 Å². The molecule has 0 radical (unpaired) electrons. The molecule has 1 aromatic carbocycles. The monoisotopic (exact) mass is 284 g/mol. The van der Waals surface area contributed by atoms with Crippen LogP contribution in [0.2, 0.25) is 0 Å². The van der Waals surface area contributed by atoms with Crippen molar-refractivity contribution in [2.75, 3.05) is 11.4 Å². The van der Waals surface area contributed by atoms with Gasteiger partial charge in [-0.05, 0) is 44.9 Å². The first-order valence-electron chi connectivity index (χ1n) is 7.86. The summed E-state index contributed by atoms with van der Waals surface area (Å²) in [4.78, 5) is 2.35. The van der Waals surface area contributed by atoms with Gasteiger partial charge in [0.2, 0.25) is 0 Å². The van der Waals surface area contributed by atoms with E-state index in [-0.39, 0.29) is 0 Å². The molecule has 0 aliphatic heterocycles. The molecule has 1 N–H and O–H groups in total. The average Bonchev–Trinajstić information content (AvgIpc) is 3.23. The summed E-state index contributed by atoms with van der Waals surface area (Å²) >= 11 is 0. The molecule has 3 rings (SSSR count). The van der Waals surface area contributed by atoms with E-state index in [1.54, 1.807) is 0 Å². The van der Waals surface area contributed by atoms with E-state index in [1.165, 1.54) is 29.7 Å². The number of nitrogens with zero attached hydrogens (tertiary/aromatic N) is 1. The van der Waals surface area contributed by atoms with Gasteiger partial charge in [-0.1, -0.05) is 17.7 Å². The van der Waals surface area contributed by atoms with Crippen molar-refractivity contribution in [1.29, 1.82) is 0 Å². The normalized spacial score (nSPS) is 14.4. The largest absolute Gasteiger partial charge is 0.467 e. The molecule has 0 amide bonds. The number of aryl methyl sites for hydroxylation is 1. The average molecular weight is 284 g/mol. The predicted octanol–water partition coefficient (Wildman–Crippen LogP) is 3.87. The quantitative estimate of drug-likeness (QED) is 0.836. The second-order valence-corrected chi connectivity index (χ2v) is 5.87. The Morgan fingerprint density at radius 2 is 1.95 bits per heavy atom. The number of rotatable bonds is 7. The van der Waals surface area contributed by atoms with Gasteiger partial charge in [0.05, 0.1) is 12.8 Å². The molecule has 0 saturated heterocycles. The number of hydrogen-bond donors (Lipinski definition) is 1. The Balaban J connectivity index is 1.68. The van der Waals surface area contributed by atoms with Crippen molar-refractivity contribution in [2.24, 2.45) is 0 Å². The smallest absolute Gasteiger partial charge is 0.127 e. The molecule has 1 aliphatic carbocycles. The standard InChI is InChI=1S/C18H24N2O/c1-3-20(17-8-4-14(2)5-9-17)13-18-15(10-11-21-18)12-19-16-6-7-16/h4-5,8-11,16,19H,3,6-7,12-13H2,1-2H3. The number of hydrogen-bond acceptors (Lipinski definition) is 3. The number of anilines is 1. The maximum atomic E-state index is 5.71. The van der Waals surface area contributed by atoms with Crippen LogP contribution in [0.5, 0.6) is 0 Å². The van der Waals surface area contributed by atoms with Crippen LogP contribution in [0.25, 0.3) is 0 Å². The highest BCUT2D eigenvalue weighted by Gasteiger charge is 2.21. The minimum atomic E-state index is 0.729. The lowest BCUT2D eigenvalue weighted by Crippen LogP contribution is -2.23. The van der Waals surface area contributed by atoms with E-state index in [0.29, 0.717) is 0 Å². The van der Waals surface area contributed by atoms with Crippen LogP contribution in [0.4, 0.5) is 5.69 Å². The SMILES string of the molecule is CCN(Cc1occc1CNC1CC1)c1ccc(C)cc1. The van der Waals surface area contributed by atoms with Crippen LogP contribution in [-0.2, 0) is 13.1 Å². The molecule has 0 unspecified atom stereocenters. The highest BCUT2D eigenvalue weighted by molar-refractivity contribution is 5.47. The maximum Gasteiger partial charge on any atom is 0.127 e. The highest BCUT2D eigenvalue weighted by atomic mass is 16.3. The fourth-order valence-corrected chi connectivity index (χ4v) is 2.52. The molecule has 1 aromatic heterocycles. The molecular formula is C18H24N2O. The summed E-state index contributed by atoms with van der Waals surface area (Å²) in [5.74, 6) is 1.07. The number of benzene rings is 1. The molecule has 1 heterocycles. The van der Waals surface area contributed by atoms with Gasteiger partial charge in [-0.15, -0.1) is 0 Å². The molecule has 3 nitrogen and oxygen atoms in total. The van der Waals surface area contributed by atoms with E-state index in [9.17, 15) is 0 Å². The Morgan fingerprint density at radius 3 is 2.62 bits per heavy atom. The van der Waals surface area contributed by atoms with Crippen LogP contribution < -0.4 is 10.2 Å². The van der Waals surface area contributed by atoms with E-state index >= 15 is 0 Å². The van der Waals surface area contributed by atoms with Crippen molar-refractivity contribution in [3.05, 3.63) is 53.5 Å². The molecule has 2 aromatic rings. The molecule has 0 bridgehead atoms. The summed E-state index contributed by atoms with van der Waals surface area (Å²) in [5.41, 5.74) is 3.83. The maximum absolute atomic E-state index is 5.71. The molecule has 112 valence electrons. The Morgan fingerprint density at radius 1 is 1.19 bits per heavy atom. The zero-order chi connectivity index (χ0) is 14.7. The van der Waals surface area contributed by atoms with Crippen molar-refractivity contribution in [1.82, 2.24) is 5.32 Å². The van der Waals surface area contributed by atoms with Crippen molar-refractivity contribution >= 4 is 5.69 Å². The van der Waals surface area contributed by atoms with E-state index < -0.39 is 0 Å². The van der Waals surface area contributed by atoms with Gasteiger partial charge in [-0.3, -0.25) is 0 Å². The summed E-state index contributed by atoms with van der Waals surface area (Å²) < 4.78 is 5.71. The molecule has 0 spiro atoms. The molecule has 3 heteroatoms. The Labute approximate surface area is 127 Å². The van der Waals surface area contributed by atoms with Gasteiger partial charge in [-0.2, -0.15) is 0 Å². The van der Waals surface area contributed by atoms with Crippen LogP contribution in [0.3, 0.4) is 0 Å². The van der Waals surface area contributed by atoms with Crippen LogP contribution in [-0.4, -0.2) is 12.6 Å². The minimum Gasteiger partial charge on any atom is -0.467 e. The van der Waals surface area contributed by atoms with Gasteiger partial charge in [-0.25, -0.2) is 0 Å². The van der Waals surface area contributed by atoms with E-state index in [2.05, 4.69) is 54.4 Å². The molecular weight excluding hydrogens is 260 g/mol. The predicted molar refractivity (Wildman–Crippen MR) is 86.5 cm³/mol. The fraction of sp³-hybridized carbons (Fsp3) is 0.444. The second-order valence-electron chi connectivity index (χ2n) is 5.87. The minimum absolute atomic E-state index is 0.729. The summed E-state index contributed by atoms with van der Waals surface area (Å²) in [6.07, 6.45) is 4.44. The van der Waals surface area contributed by atoms with Crippen LogP contribution >= 0.6 is 0 Å². The van der Waals surface area contributed by atoms with Gasteiger partial charge >= 0.3 is 0 Å². The second kappa shape index (κ2) is 6.35. The first-order valence-corrected chi connectivity index (χ1v) is 7.86. The summed E-state index contributed by atoms with van der Waals surface area (Å²) in [7, 11) is 0. The van der Waals surface area contributed by atoms with Gasteiger partial charge in [0, 0.05) is 30.4 Å². The zero-order valence-electron chi connectivity index (χ0n) is 12.9. The molecule has 1 aliphatic rings. The van der Waals surface area contributed by atoms with E-state index in [4.69, 9.17) is 4.42 Å². The lowest BCUT2D eigenvalue weighted by molar-refractivity contribution is 0.495. The molecule has 21 heavy (non-hydrogen) atoms. The van der Waals surface area contributed by atoms with Gasteiger partial charge in [0.1, 0.15) is 5.76 Å². The molecule has 1 saturated carbocycles. The first-order chi connectivity index (χ1) is 10.3. The van der Waals surface area contributed by atoms with Crippen molar-refractivity contribution in [3.8, 4) is 0 Å². The Hall–Kier alpha value is -1.74. The van der Waals surface area contributed by atoms with E-state index in [1.807, 2.05) is 6.26 Å². The molecule has 0 atom stereocenters. The lowest BCUT2D eigenvalue weighted by atomic mass is 10.2. The van der Waals surface area contributed by atoms with Gasteiger partial charge < -0.3 is 14.6 Å². The van der Waals surface area contributed by atoms with E-state index in [0.717, 1.165) is 31.4 Å². The Kier molecular flexibility index (Phi) is 4.30. The molecule has 1 fully saturated rings. The van der Waals surface area contributed by atoms with Crippen LogP contribution in [0, 0.1) is 6.92 Å². The summed E-state index contributed by atoms with van der Waals surface area (Å²) in [6.45, 7) is 7.02. The highest BCUT2D eigenvalue weighted by Crippen LogP contribution is 2.22.